The Morgan fingerprint density at radius 1 is 1.45 bits per heavy atom. The Bertz CT molecular complexity index is 708. The predicted molar refractivity (Wildman–Crippen MR) is 77.9 cm³/mol. The first-order valence-electron chi connectivity index (χ1n) is 6.21. The minimum Gasteiger partial charge on any atom is -0.381 e. The van der Waals surface area contributed by atoms with Gasteiger partial charge in [-0.1, -0.05) is 6.07 Å². The number of hydrogen-bond donors (Lipinski definition) is 2. The number of sulfonamides is 1. The van der Waals surface area contributed by atoms with Crippen LogP contribution < -0.4 is 10.5 Å². The maximum absolute atomic E-state index is 12.4. The summed E-state index contributed by atoms with van der Waals surface area (Å²) in [5.74, 6) is 0.000697. The summed E-state index contributed by atoms with van der Waals surface area (Å²) in [5.41, 5.74) is 6.26. The second-order valence-electron chi connectivity index (χ2n) is 5.02. The lowest BCUT2D eigenvalue weighted by Crippen LogP contribution is -2.40. The molecule has 2 rings (SSSR count). The third-order valence-electron chi connectivity index (χ3n) is 2.76. The predicted octanol–water partition coefficient (Wildman–Crippen LogP) is 0.145. The zero-order chi connectivity index (χ0) is 14.9. The number of imidazole rings is 1. The first-order chi connectivity index (χ1) is 9.31. The molecule has 0 aliphatic rings. The first-order valence-corrected chi connectivity index (χ1v) is 7.69. The smallest absolute Gasteiger partial charge is 0.260 e. The molecule has 0 aromatic carbocycles. The van der Waals surface area contributed by atoms with Gasteiger partial charge in [0, 0.05) is 18.8 Å². The molecule has 3 N–H and O–H groups in total. The molecular formula is C12H19N5O2S. The Labute approximate surface area is 118 Å². The van der Waals surface area contributed by atoms with Crippen LogP contribution in [0.2, 0.25) is 0 Å². The van der Waals surface area contributed by atoms with Gasteiger partial charge >= 0.3 is 0 Å². The normalized spacial score (nSPS) is 14.0. The van der Waals surface area contributed by atoms with E-state index < -0.39 is 10.0 Å². The van der Waals surface area contributed by atoms with Crippen molar-refractivity contribution in [1.29, 1.82) is 0 Å². The van der Waals surface area contributed by atoms with Crippen LogP contribution in [0.5, 0.6) is 0 Å². The molecule has 20 heavy (non-hydrogen) atoms. The van der Waals surface area contributed by atoms with E-state index in [9.17, 15) is 8.42 Å². The third-order valence-corrected chi connectivity index (χ3v) is 4.39. The van der Waals surface area contributed by atoms with Gasteiger partial charge in [0.1, 0.15) is 5.65 Å². The lowest BCUT2D eigenvalue weighted by molar-refractivity contribution is 0.370. The molecule has 0 saturated carbocycles. The third kappa shape index (κ3) is 2.92. The number of pyridine rings is 1. The molecule has 8 heteroatoms. The van der Waals surface area contributed by atoms with Crippen molar-refractivity contribution in [3.63, 3.8) is 0 Å². The molecule has 0 spiro atoms. The fraction of sp³-hybridized carbons (Fsp3) is 0.417. The summed E-state index contributed by atoms with van der Waals surface area (Å²) in [4.78, 5) is 5.97. The number of nitrogens with zero attached hydrogens (tertiary/aromatic N) is 3. The number of nitrogen functional groups attached to an aromatic ring is 1. The van der Waals surface area contributed by atoms with E-state index in [4.69, 9.17) is 5.73 Å². The van der Waals surface area contributed by atoms with Crippen LogP contribution in [0.15, 0.2) is 29.4 Å². The van der Waals surface area contributed by atoms with Crippen LogP contribution >= 0.6 is 0 Å². The molecule has 7 nitrogen and oxygen atoms in total. The summed E-state index contributed by atoms with van der Waals surface area (Å²) in [6.07, 6.45) is 1.63. The lowest BCUT2D eigenvalue weighted by Gasteiger charge is -2.18. The molecule has 110 valence electrons. The largest absolute Gasteiger partial charge is 0.381 e. The molecule has 2 aromatic rings. The Morgan fingerprint density at radius 3 is 2.80 bits per heavy atom. The highest BCUT2D eigenvalue weighted by Crippen LogP contribution is 2.19. The summed E-state index contributed by atoms with van der Waals surface area (Å²) in [5, 5.41) is -0.0151. The highest BCUT2D eigenvalue weighted by Gasteiger charge is 2.25. The SMILES string of the molecule is CC(CN(C)C)NS(=O)(=O)c1c(N)nc2ccccn12. The van der Waals surface area contributed by atoms with Crippen LogP contribution in [0.4, 0.5) is 5.82 Å². The molecule has 2 heterocycles. The summed E-state index contributed by atoms with van der Waals surface area (Å²) < 4.78 is 29.0. The summed E-state index contributed by atoms with van der Waals surface area (Å²) in [7, 11) is 0.0444. The van der Waals surface area contributed by atoms with Crippen LogP contribution in [0, 0.1) is 0 Å². The van der Waals surface area contributed by atoms with E-state index in [-0.39, 0.29) is 16.9 Å². The molecule has 0 saturated heterocycles. The van der Waals surface area contributed by atoms with Crippen molar-refractivity contribution in [2.75, 3.05) is 26.4 Å². The van der Waals surface area contributed by atoms with Crippen LogP contribution in [0.1, 0.15) is 6.92 Å². The van der Waals surface area contributed by atoms with Crippen LogP contribution in [0.25, 0.3) is 5.65 Å². The van der Waals surface area contributed by atoms with Gasteiger partial charge in [0.25, 0.3) is 10.0 Å². The first kappa shape index (κ1) is 14.8. The quantitative estimate of drug-likeness (QED) is 0.819. The Hall–Kier alpha value is -1.64. The van der Waals surface area contributed by atoms with Crippen molar-refractivity contribution in [3.05, 3.63) is 24.4 Å². The second-order valence-corrected chi connectivity index (χ2v) is 6.64. The minimum atomic E-state index is -3.72. The highest BCUT2D eigenvalue weighted by atomic mass is 32.2. The van der Waals surface area contributed by atoms with Crippen molar-refractivity contribution >= 4 is 21.5 Å². The number of nitrogens with two attached hydrogens (primary N) is 1. The van der Waals surface area contributed by atoms with E-state index in [0.29, 0.717) is 12.2 Å². The van der Waals surface area contributed by atoms with E-state index in [1.807, 2.05) is 19.0 Å². The Kier molecular flexibility index (Phi) is 3.98. The molecule has 1 unspecified atom stereocenters. The van der Waals surface area contributed by atoms with E-state index in [1.165, 1.54) is 4.40 Å². The van der Waals surface area contributed by atoms with Gasteiger partial charge < -0.3 is 10.6 Å². The number of likely N-dealkylation sites (N-methyl/N-ethyl adjacent to an activating group) is 1. The van der Waals surface area contributed by atoms with Crippen molar-refractivity contribution < 1.29 is 8.42 Å². The summed E-state index contributed by atoms with van der Waals surface area (Å²) in [6.45, 7) is 2.40. The zero-order valence-corrected chi connectivity index (χ0v) is 12.6. The number of aromatic nitrogens is 2. The maximum atomic E-state index is 12.4. The zero-order valence-electron chi connectivity index (χ0n) is 11.7. The van der Waals surface area contributed by atoms with E-state index in [0.717, 1.165) is 0 Å². The van der Waals surface area contributed by atoms with Crippen molar-refractivity contribution in [2.24, 2.45) is 0 Å². The molecule has 0 bridgehead atoms. The average Bonchev–Trinajstić information content (AvgIpc) is 2.62. The summed E-state index contributed by atoms with van der Waals surface area (Å²) in [6, 6.07) is 4.98. The minimum absolute atomic E-state index is 0.000697. The van der Waals surface area contributed by atoms with Crippen LogP contribution in [-0.2, 0) is 10.0 Å². The Balaban J connectivity index is 2.39. The molecule has 1 atom stereocenters. The van der Waals surface area contributed by atoms with Crippen molar-refractivity contribution in [1.82, 2.24) is 19.0 Å². The number of anilines is 1. The van der Waals surface area contributed by atoms with E-state index >= 15 is 0 Å². The van der Waals surface area contributed by atoms with Crippen molar-refractivity contribution in [2.45, 2.75) is 18.0 Å². The van der Waals surface area contributed by atoms with E-state index in [2.05, 4.69) is 9.71 Å². The van der Waals surface area contributed by atoms with Gasteiger partial charge in [0.05, 0.1) is 0 Å². The fourth-order valence-corrected chi connectivity index (χ4v) is 3.61. The molecule has 0 amide bonds. The number of rotatable bonds is 5. The standard InChI is InChI=1S/C12H19N5O2S/c1-9(8-16(2)3)15-20(18,19)12-11(13)14-10-6-4-5-7-17(10)12/h4-7,9,15H,8,13H2,1-3H3. The van der Waals surface area contributed by atoms with Gasteiger partial charge in [-0.05, 0) is 33.2 Å². The van der Waals surface area contributed by atoms with Gasteiger partial charge in [0.15, 0.2) is 10.8 Å². The number of nitrogens with one attached hydrogen (secondary N) is 1. The van der Waals surface area contributed by atoms with Gasteiger partial charge in [-0.15, -0.1) is 0 Å². The average molecular weight is 297 g/mol. The monoisotopic (exact) mass is 297 g/mol. The molecule has 0 aliphatic carbocycles. The highest BCUT2D eigenvalue weighted by molar-refractivity contribution is 7.89. The Morgan fingerprint density at radius 2 is 2.15 bits per heavy atom. The van der Waals surface area contributed by atoms with Crippen molar-refractivity contribution in [3.8, 4) is 0 Å². The van der Waals surface area contributed by atoms with E-state index in [1.54, 1.807) is 31.3 Å². The molecule has 0 aliphatic heterocycles. The molecule has 0 radical (unpaired) electrons. The second kappa shape index (κ2) is 5.39. The fourth-order valence-electron chi connectivity index (χ4n) is 2.16. The van der Waals surface area contributed by atoms with Gasteiger partial charge in [-0.2, -0.15) is 0 Å². The summed E-state index contributed by atoms with van der Waals surface area (Å²) >= 11 is 0. The lowest BCUT2D eigenvalue weighted by atomic mass is 10.3. The number of fused-ring (bicyclic) bond motifs is 1. The van der Waals surface area contributed by atoms with Gasteiger partial charge in [0.2, 0.25) is 0 Å². The topological polar surface area (TPSA) is 92.7 Å². The number of hydrogen-bond acceptors (Lipinski definition) is 5. The van der Waals surface area contributed by atoms with Gasteiger partial charge in [-0.25, -0.2) is 18.1 Å². The maximum Gasteiger partial charge on any atom is 0.260 e. The molecular weight excluding hydrogens is 278 g/mol. The van der Waals surface area contributed by atoms with Crippen LogP contribution in [0.3, 0.4) is 0 Å². The molecule has 2 aromatic heterocycles. The molecule has 0 fully saturated rings. The van der Waals surface area contributed by atoms with Gasteiger partial charge in [-0.3, -0.25) is 4.40 Å². The van der Waals surface area contributed by atoms with Crippen LogP contribution in [-0.4, -0.2) is 49.4 Å².